The van der Waals surface area contributed by atoms with E-state index in [1.807, 2.05) is 6.92 Å². The van der Waals surface area contributed by atoms with Gasteiger partial charge in [0.15, 0.2) is 5.76 Å². The zero-order chi connectivity index (χ0) is 19.8. The molecule has 154 valence electrons. The summed E-state index contributed by atoms with van der Waals surface area (Å²) in [5.74, 6) is 0.921. The van der Waals surface area contributed by atoms with Crippen LogP contribution >= 0.6 is 0 Å². The van der Waals surface area contributed by atoms with Crippen molar-refractivity contribution < 1.29 is 33.7 Å². The fourth-order valence-corrected chi connectivity index (χ4v) is 3.73. The molecule has 2 saturated heterocycles. The maximum absolute atomic E-state index is 10.5. The van der Waals surface area contributed by atoms with Gasteiger partial charge < -0.3 is 33.7 Å². The average molecular weight is 394 g/mol. The molecule has 2 fully saturated rings. The molecule has 3 N–H and O–H groups in total. The molecule has 4 rings (SSSR count). The molecule has 0 spiro atoms. The third-order valence-corrected chi connectivity index (χ3v) is 5.76. The van der Waals surface area contributed by atoms with E-state index in [4.69, 9.17) is 18.4 Å². The maximum atomic E-state index is 10.5. The molecule has 4 heterocycles. The fraction of sp³-hybridized carbons (Fsp3) is 0.684. The third kappa shape index (κ3) is 3.99. The highest BCUT2D eigenvalue weighted by molar-refractivity contribution is 5.44. The molecule has 0 radical (unpaired) electrons. The minimum absolute atomic E-state index is 0.0134. The summed E-state index contributed by atoms with van der Waals surface area (Å²) in [5.41, 5.74) is 0. The van der Waals surface area contributed by atoms with Crippen molar-refractivity contribution in [3.8, 4) is 11.6 Å². The largest absolute Gasteiger partial charge is 0.461 e. The van der Waals surface area contributed by atoms with E-state index >= 15 is 0 Å². The Morgan fingerprint density at radius 1 is 1.21 bits per heavy atom. The fourth-order valence-electron chi connectivity index (χ4n) is 3.73. The van der Waals surface area contributed by atoms with Crippen LogP contribution in [-0.2, 0) is 15.9 Å². The first-order chi connectivity index (χ1) is 13.4. The minimum Gasteiger partial charge on any atom is -0.461 e. The SMILES string of the molecule is C[C@H]([C@@H]1O[C@H]1C[C@H]1CO[C@@H](Cc2nc(-c3ccco3)no2)[C@H](O)[C@@H]1O)[C@H](C)O. The summed E-state index contributed by atoms with van der Waals surface area (Å²) in [6, 6.07) is 3.45. The van der Waals surface area contributed by atoms with Crippen LogP contribution < -0.4 is 0 Å². The topological polar surface area (TPSA) is 135 Å². The van der Waals surface area contributed by atoms with Crippen LogP contribution in [0.25, 0.3) is 11.6 Å². The van der Waals surface area contributed by atoms with Crippen molar-refractivity contribution in [2.75, 3.05) is 6.61 Å². The molecule has 0 amide bonds. The van der Waals surface area contributed by atoms with Crippen LogP contribution in [0.2, 0.25) is 0 Å². The van der Waals surface area contributed by atoms with E-state index in [9.17, 15) is 15.3 Å². The van der Waals surface area contributed by atoms with E-state index in [1.165, 1.54) is 6.26 Å². The first-order valence-corrected chi connectivity index (χ1v) is 9.61. The van der Waals surface area contributed by atoms with E-state index in [0.717, 1.165) is 0 Å². The molecule has 2 aromatic heterocycles. The van der Waals surface area contributed by atoms with Crippen molar-refractivity contribution in [2.24, 2.45) is 11.8 Å². The molecule has 0 aromatic carbocycles. The number of nitrogens with zero attached hydrogens (tertiary/aromatic N) is 2. The van der Waals surface area contributed by atoms with Gasteiger partial charge >= 0.3 is 0 Å². The van der Waals surface area contributed by atoms with Gasteiger partial charge in [-0.05, 0) is 25.5 Å². The third-order valence-electron chi connectivity index (χ3n) is 5.76. The summed E-state index contributed by atoms with van der Waals surface area (Å²) in [4.78, 5) is 4.24. The van der Waals surface area contributed by atoms with Crippen LogP contribution in [-0.4, -0.2) is 68.7 Å². The Bertz CT molecular complexity index is 762. The molecule has 28 heavy (non-hydrogen) atoms. The Balaban J connectivity index is 1.31. The molecule has 9 nitrogen and oxygen atoms in total. The van der Waals surface area contributed by atoms with E-state index in [1.54, 1.807) is 19.1 Å². The molecule has 2 aliphatic rings. The van der Waals surface area contributed by atoms with Crippen LogP contribution in [0.15, 0.2) is 27.3 Å². The Hall–Kier alpha value is -1.78. The van der Waals surface area contributed by atoms with Gasteiger partial charge in [-0.2, -0.15) is 4.98 Å². The summed E-state index contributed by atoms with van der Waals surface area (Å²) >= 11 is 0. The van der Waals surface area contributed by atoms with Crippen LogP contribution in [0.1, 0.15) is 26.2 Å². The zero-order valence-corrected chi connectivity index (χ0v) is 15.8. The average Bonchev–Trinajstić information content (AvgIpc) is 3.06. The van der Waals surface area contributed by atoms with Crippen LogP contribution in [0, 0.1) is 11.8 Å². The van der Waals surface area contributed by atoms with E-state index in [2.05, 4.69) is 10.1 Å². The van der Waals surface area contributed by atoms with E-state index < -0.39 is 24.4 Å². The minimum atomic E-state index is -1.07. The lowest BCUT2D eigenvalue weighted by Gasteiger charge is -2.37. The number of aliphatic hydroxyl groups excluding tert-OH is 3. The Labute approximate surface area is 162 Å². The van der Waals surface area contributed by atoms with Crippen molar-refractivity contribution in [3.63, 3.8) is 0 Å². The Kier molecular flexibility index (Phi) is 5.52. The number of aromatic nitrogens is 2. The maximum Gasteiger partial charge on any atom is 0.238 e. The van der Waals surface area contributed by atoms with Crippen molar-refractivity contribution in [2.45, 2.75) is 63.3 Å². The van der Waals surface area contributed by atoms with Crippen LogP contribution in [0.3, 0.4) is 0 Å². The van der Waals surface area contributed by atoms with Crippen molar-refractivity contribution in [1.29, 1.82) is 0 Å². The number of aliphatic hydroxyl groups is 3. The molecular weight excluding hydrogens is 368 g/mol. The molecule has 0 bridgehead atoms. The predicted molar refractivity (Wildman–Crippen MR) is 95.1 cm³/mol. The molecule has 0 unspecified atom stereocenters. The Morgan fingerprint density at radius 3 is 2.75 bits per heavy atom. The van der Waals surface area contributed by atoms with Crippen molar-refractivity contribution in [3.05, 3.63) is 24.3 Å². The highest BCUT2D eigenvalue weighted by Gasteiger charge is 2.48. The van der Waals surface area contributed by atoms with Crippen LogP contribution in [0.5, 0.6) is 0 Å². The van der Waals surface area contributed by atoms with E-state index in [0.29, 0.717) is 30.5 Å². The predicted octanol–water partition coefficient (Wildman–Crippen LogP) is 0.783. The number of furan rings is 1. The van der Waals surface area contributed by atoms with Gasteiger partial charge in [0.05, 0.1) is 49.8 Å². The molecule has 2 aliphatic heterocycles. The van der Waals surface area contributed by atoms with Gasteiger partial charge in [-0.3, -0.25) is 0 Å². The zero-order valence-electron chi connectivity index (χ0n) is 15.8. The van der Waals surface area contributed by atoms with Gasteiger partial charge in [0, 0.05) is 11.8 Å². The van der Waals surface area contributed by atoms with E-state index in [-0.39, 0.29) is 30.5 Å². The van der Waals surface area contributed by atoms with Gasteiger partial charge in [-0.1, -0.05) is 12.1 Å². The first-order valence-electron chi connectivity index (χ1n) is 9.61. The van der Waals surface area contributed by atoms with Gasteiger partial charge in [-0.25, -0.2) is 0 Å². The van der Waals surface area contributed by atoms with Crippen molar-refractivity contribution >= 4 is 0 Å². The molecule has 9 heteroatoms. The lowest BCUT2D eigenvalue weighted by molar-refractivity contribution is -0.166. The molecule has 8 atom stereocenters. The monoisotopic (exact) mass is 394 g/mol. The first kappa shape index (κ1) is 19.5. The molecule has 0 aliphatic carbocycles. The highest BCUT2D eigenvalue weighted by Crippen LogP contribution is 2.38. The summed E-state index contributed by atoms with van der Waals surface area (Å²) in [7, 11) is 0. The summed E-state index contributed by atoms with van der Waals surface area (Å²) in [6.45, 7) is 3.98. The quantitative estimate of drug-likeness (QED) is 0.582. The molecule has 0 saturated carbocycles. The second-order valence-corrected chi connectivity index (χ2v) is 7.78. The number of ether oxygens (including phenoxy) is 2. The number of hydrogen-bond acceptors (Lipinski definition) is 9. The van der Waals surface area contributed by atoms with Gasteiger partial charge in [0.1, 0.15) is 6.10 Å². The van der Waals surface area contributed by atoms with Crippen molar-refractivity contribution in [1.82, 2.24) is 10.1 Å². The standard InChI is InChI=1S/C19H26N2O7/c1-9(10(2)22)18-14(27-18)6-11-8-26-13(17(24)16(11)23)7-15-20-19(21-28-15)12-4-3-5-25-12/h3-5,9-11,13-14,16-18,22-24H,6-8H2,1-2H3/t9-,10-,11-,13-,14-,16+,17-,18-/m0/s1. The number of epoxide rings is 1. The second-order valence-electron chi connectivity index (χ2n) is 7.78. The smallest absolute Gasteiger partial charge is 0.238 e. The molecular formula is C19H26N2O7. The summed E-state index contributed by atoms with van der Waals surface area (Å²) in [6.07, 6.45) is -0.824. The Morgan fingerprint density at radius 2 is 2.04 bits per heavy atom. The molecule has 2 aromatic rings. The highest BCUT2D eigenvalue weighted by atomic mass is 16.6. The normalized spacial score (nSPS) is 34.9. The summed E-state index contributed by atoms with van der Waals surface area (Å²) < 4.78 is 21.8. The lowest BCUT2D eigenvalue weighted by Crippen LogP contribution is -2.51. The van der Waals surface area contributed by atoms with Gasteiger partial charge in [0.25, 0.3) is 0 Å². The number of hydrogen-bond donors (Lipinski definition) is 3. The van der Waals surface area contributed by atoms with Crippen LogP contribution in [0.4, 0.5) is 0 Å². The summed E-state index contributed by atoms with van der Waals surface area (Å²) in [5, 5.41) is 34.5. The van der Waals surface area contributed by atoms with Gasteiger partial charge in [0.2, 0.25) is 11.7 Å². The van der Waals surface area contributed by atoms with Gasteiger partial charge in [-0.15, -0.1) is 0 Å². The lowest BCUT2D eigenvalue weighted by atomic mass is 9.86. The number of rotatable bonds is 7. The second kappa shape index (κ2) is 7.92.